The highest BCUT2D eigenvalue weighted by atomic mass is 127. The lowest BCUT2D eigenvalue weighted by molar-refractivity contribution is -0.127. The molecule has 2 heterocycles. The predicted molar refractivity (Wildman–Crippen MR) is 144 cm³/mol. The number of carbonyl (C=O) groups excluding carboxylic acids is 1. The lowest BCUT2D eigenvalue weighted by atomic mass is 10.0. The zero-order chi connectivity index (χ0) is 22.1. The first-order chi connectivity index (χ1) is 15.0. The van der Waals surface area contributed by atoms with Crippen LogP contribution in [-0.4, -0.2) is 70.2 Å². The molecular formula is C23H34IN5O2S. The van der Waals surface area contributed by atoms with Crippen LogP contribution in [0.5, 0.6) is 5.75 Å². The number of methoxy groups -OCH3 is 1. The van der Waals surface area contributed by atoms with Gasteiger partial charge in [-0.25, -0.2) is 4.99 Å². The number of benzene rings is 1. The third-order valence-corrected chi connectivity index (χ3v) is 6.23. The monoisotopic (exact) mass is 571 g/mol. The quantitative estimate of drug-likeness (QED) is 0.290. The van der Waals surface area contributed by atoms with Crippen LogP contribution in [0.15, 0.2) is 46.8 Å². The van der Waals surface area contributed by atoms with Gasteiger partial charge in [-0.05, 0) is 42.8 Å². The first-order valence-corrected chi connectivity index (χ1v) is 11.6. The summed E-state index contributed by atoms with van der Waals surface area (Å²) in [6.07, 6.45) is 3.09. The number of carbonyl (C=O) groups is 1. The van der Waals surface area contributed by atoms with Gasteiger partial charge in [0.25, 0.3) is 0 Å². The molecule has 1 amide bonds. The van der Waals surface area contributed by atoms with Crippen molar-refractivity contribution in [3.63, 3.8) is 0 Å². The van der Waals surface area contributed by atoms with Crippen molar-refractivity contribution < 1.29 is 9.53 Å². The second kappa shape index (κ2) is 13.5. The molecular weight excluding hydrogens is 537 g/mol. The highest BCUT2D eigenvalue weighted by Crippen LogP contribution is 2.24. The summed E-state index contributed by atoms with van der Waals surface area (Å²) in [7, 11) is 5.20. The van der Waals surface area contributed by atoms with Gasteiger partial charge in [0.2, 0.25) is 5.91 Å². The fourth-order valence-corrected chi connectivity index (χ4v) is 4.24. The highest BCUT2D eigenvalue weighted by molar-refractivity contribution is 14.0. The van der Waals surface area contributed by atoms with E-state index in [0.717, 1.165) is 50.3 Å². The van der Waals surface area contributed by atoms with Gasteiger partial charge in [0.05, 0.1) is 7.11 Å². The Hall–Kier alpha value is -2.01. The van der Waals surface area contributed by atoms with Gasteiger partial charge in [-0.3, -0.25) is 4.79 Å². The van der Waals surface area contributed by atoms with E-state index in [1.165, 1.54) is 4.88 Å². The number of guanidine groups is 1. The molecule has 3 rings (SSSR count). The number of aliphatic imine (C=N–C) groups is 1. The average Bonchev–Trinajstić information content (AvgIpc) is 3.30. The van der Waals surface area contributed by atoms with Gasteiger partial charge in [-0.15, -0.1) is 35.3 Å². The Balaban J connectivity index is 0.00000363. The number of halogens is 1. The van der Waals surface area contributed by atoms with E-state index in [4.69, 9.17) is 4.74 Å². The molecule has 0 radical (unpaired) electrons. The largest absolute Gasteiger partial charge is 0.497 e. The van der Waals surface area contributed by atoms with Gasteiger partial charge in [0, 0.05) is 56.4 Å². The Labute approximate surface area is 212 Å². The molecule has 0 bridgehead atoms. The molecule has 1 aliphatic rings. The van der Waals surface area contributed by atoms with E-state index in [1.807, 2.05) is 12.1 Å². The molecule has 9 heteroatoms. The fourth-order valence-electron chi connectivity index (χ4n) is 3.53. The maximum absolute atomic E-state index is 12.0. The van der Waals surface area contributed by atoms with Crippen molar-refractivity contribution in [1.82, 2.24) is 15.5 Å². The van der Waals surface area contributed by atoms with Crippen molar-refractivity contribution in [2.24, 2.45) is 4.99 Å². The molecule has 176 valence electrons. The number of thiophene rings is 1. The summed E-state index contributed by atoms with van der Waals surface area (Å²) in [5.41, 5.74) is 1.16. The third-order valence-electron chi connectivity index (χ3n) is 5.30. The molecule has 1 unspecified atom stereocenters. The Morgan fingerprint density at radius 3 is 2.88 bits per heavy atom. The summed E-state index contributed by atoms with van der Waals surface area (Å²) >= 11 is 1.76. The van der Waals surface area contributed by atoms with Crippen LogP contribution in [-0.2, 0) is 11.2 Å². The Bertz CT molecular complexity index is 860. The van der Waals surface area contributed by atoms with Crippen molar-refractivity contribution in [3.8, 4) is 5.75 Å². The van der Waals surface area contributed by atoms with Crippen LogP contribution < -0.4 is 20.3 Å². The molecule has 0 aliphatic carbocycles. The normalized spacial score (nSPS) is 16.2. The molecule has 7 nitrogen and oxygen atoms in total. The van der Waals surface area contributed by atoms with Crippen molar-refractivity contribution >= 4 is 52.9 Å². The summed E-state index contributed by atoms with van der Waals surface area (Å²) in [5.74, 6) is 1.55. The lowest BCUT2D eigenvalue weighted by Gasteiger charge is -2.35. The number of ether oxygens (including phenoxy) is 1. The smallest absolute Gasteiger partial charge is 0.243 e. The molecule has 0 spiro atoms. The number of piperidine rings is 1. The van der Waals surface area contributed by atoms with Crippen LogP contribution in [0.3, 0.4) is 0 Å². The predicted octanol–water partition coefficient (Wildman–Crippen LogP) is 3.21. The van der Waals surface area contributed by atoms with Crippen molar-refractivity contribution in [2.75, 3.05) is 52.3 Å². The second-order valence-corrected chi connectivity index (χ2v) is 8.87. The minimum absolute atomic E-state index is 0. The van der Waals surface area contributed by atoms with Gasteiger partial charge in [-0.2, -0.15) is 0 Å². The molecule has 1 saturated heterocycles. The van der Waals surface area contributed by atoms with Crippen LogP contribution in [0, 0.1) is 0 Å². The van der Waals surface area contributed by atoms with E-state index in [0.29, 0.717) is 5.96 Å². The zero-order valence-corrected chi connectivity index (χ0v) is 22.2. The zero-order valence-electron chi connectivity index (χ0n) is 19.0. The fraction of sp³-hybridized carbons (Fsp3) is 0.478. The van der Waals surface area contributed by atoms with Crippen LogP contribution in [0.25, 0.3) is 0 Å². The second-order valence-electron chi connectivity index (χ2n) is 7.84. The summed E-state index contributed by atoms with van der Waals surface area (Å²) < 4.78 is 5.38. The van der Waals surface area contributed by atoms with Crippen LogP contribution in [0.1, 0.15) is 17.7 Å². The van der Waals surface area contributed by atoms with Crippen LogP contribution >= 0.6 is 35.3 Å². The molecule has 2 N–H and O–H groups in total. The molecule has 1 atom stereocenters. The minimum Gasteiger partial charge on any atom is -0.497 e. The average molecular weight is 572 g/mol. The summed E-state index contributed by atoms with van der Waals surface area (Å²) in [6, 6.07) is 12.6. The standard InChI is InChI=1S/C23H33N5O2S.HI/c1-27(2)22(29)16-25-23(24-12-11-21-10-6-14-31-21)26-18-7-5-13-28(17-18)19-8-4-9-20(15-19)30-3;/h4,6,8-10,14-15,18H,5,7,11-13,16-17H2,1-3H3,(H2,24,25,26);1H. The van der Waals surface area contributed by atoms with E-state index in [2.05, 4.69) is 50.2 Å². The molecule has 1 aromatic heterocycles. The highest BCUT2D eigenvalue weighted by Gasteiger charge is 2.21. The summed E-state index contributed by atoms with van der Waals surface area (Å²) in [5, 5.41) is 9.06. The van der Waals surface area contributed by atoms with E-state index in [-0.39, 0.29) is 42.5 Å². The van der Waals surface area contributed by atoms with Crippen molar-refractivity contribution in [1.29, 1.82) is 0 Å². The van der Waals surface area contributed by atoms with Gasteiger partial charge < -0.3 is 25.2 Å². The number of anilines is 1. The van der Waals surface area contributed by atoms with Gasteiger partial charge >= 0.3 is 0 Å². The molecule has 1 aromatic carbocycles. The number of likely N-dealkylation sites (N-methyl/N-ethyl adjacent to an activating group) is 1. The SMILES string of the molecule is COc1cccc(N2CCCC(NC(=NCC(=O)N(C)C)NCCc3cccs3)C2)c1.I. The number of nitrogens with one attached hydrogen (secondary N) is 2. The third kappa shape index (κ3) is 8.16. The van der Waals surface area contributed by atoms with Crippen molar-refractivity contribution in [3.05, 3.63) is 46.7 Å². The summed E-state index contributed by atoms with van der Waals surface area (Å²) in [4.78, 5) is 21.9. The van der Waals surface area contributed by atoms with Gasteiger partial charge in [-0.1, -0.05) is 12.1 Å². The maximum atomic E-state index is 12.0. The van der Waals surface area contributed by atoms with E-state index >= 15 is 0 Å². The lowest BCUT2D eigenvalue weighted by Crippen LogP contribution is -2.51. The minimum atomic E-state index is -0.0130. The molecule has 1 fully saturated rings. The van der Waals surface area contributed by atoms with Gasteiger partial charge in [0.15, 0.2) is 5.96 Å². The maximum Gasteiger partial charge on any atom is 0.243 e. The molecule has 1 aliphatic heterocycles. The summed E-state index contributed by atoms with van der Waals surface area (Å²) in [6.45, 7) is 2.80. The first kappa shape index (κ1) is 26.2. The van der Waals surface area contributed by atoms with E-state index < -0.39 is 0 Å². The Morgan fingerprint density at radius 2 is 2.16 bits per heavy atom. The van der Waals surface area contributed by atoms with E-state index in [9.17, 15) is 4.79 Å². The topological polar surface area (TPSA) is 69.2 Å². The van der Waals surface area contributed by atoms with Crippen LogP contribution in [0.2, 0.25) is 0 Å². The number of hydrogen-bond acceptors (Lipinski definition) is 5. The number of hydrogen-bond donors (Lipinski definition) is 2. The Kier molecular flexibility index (Phi) is 11.1. The number of nitrogens with zero attached hydrogens (tertiary/aromatic N) is 3. The van der Waals surface area contributed by atoms with Crippen molar-refractivity contribution in [2.45, 2.75) is 25.3 Å². The number of amides is 1. The molecule has 32 heavy (non-hydrogen) atoms. The first-order valence-electron chi connectivity index (χ1n) is 10.7. The molecule has 2 aromatic rings. The van der Waals surface area contributed by atoms with E-state index in [1.54, 1.807) is 37.4 Å². The Morgan fingerprint density at radius 1 is 1.31 bits per heavy atom. The van der Waals surface area contributed by atoms with Crippen LogP contribution in [0.4, 0.5) is 5.69 Å². The molecule has 0 saturated carbocycles. The van der Waals surface area contributed by atoms with Gasteiger partial charge in [0.1, 0.15) is 12.3 Å². The number of rotatable bonds is 8.